The third-order valence-corrected chi connectivity index (χ3v) is 4.51. The highest BCUT2D eigenvalue weighted by molar-refractivity contribution is 6.30. The first kappa shape index (κ1) is 17.7. The largest absolute Gasteiger partial charge is 0.487 e. The average molecular weight is 364 g/mol. The van der Waals surface area contributed by atoms with E-state index in [2.05, 4.69) is 5.32 Å². The third-order valence-electron chi connectivity index (χ3n) is 4.20. The number of benzene rings is 2. The number of aliphatic hydroxyl groups excluding tert-OH is 1. The first-order valence-corrected chi connectivity index (χ1v) is 8.43. The summed E-state index contributed by atoms with van der Waals surface area (Å²) < 4.78 is 19.7. The Kier molecular flexibility index (Phi) is 4.97. The molecular formula is C19H19ClFNO3. The number of halogens is 2. The molecule has 132 valence electrons. The van der Waals surface area contributed by atoms with Gasteiger partial charge in [-0.15, -0.1) is 0 Å². The molecule has 2 aromatic rings. The molecule has 1 heterocycles. The van der Waals surface area contributed by atoms with E-state index >= 15 is 0 Å². The number of hydrogen-bond acceptors (Lipinski definition) is 3. The molecule has 1 aliphatic rings. The highest BCUT2D eigenvalue weighted by atomic mass is 35.5. The maximum absolute atomic E-state index is 13.6. The smallest absolute Gasteiger partial charge is 0.251 e. The van der Waals surface area contributed by atoms with Crippen LogP contribution in [-0.4, -0.2) is 29.8 Å². The van der Waals surface area contributed by atoms with Gasteiger partial charge in [-0.1, -0.05) is 17.7 Å². The van der Waals surface area contributed by atoms with Gasteiger partial charge in [0.25, 0.3) is 5.91 Å². The highest BCUT2D eigenvalue weighted by Crippen LogP contribution is 2.37. The summed E-state index contributed by atoms with van der Waals surface area (Å²) in [5, 5.41) is 11.5. The van der Waals surface area contributed by atoms with Crippen LogP contribution in [0.3, 0.4) is 0 Å². The van der Waals surface area contributed by atoms with Crippen LogP contribution in [0.25, 0.3) is 0 Å². The summed E-state index contributed by atoms with van der Waals surface area (Å²) in [6.45, 7) is 2.08. The van der Waals surface area contributed by atoms with Crippen LogP contribution in [-0.2, 0) is 12.8 Å². The number of carbonyl (C=O) groups is 1. The van der Waals surface area contributed by atoms with Gasteiger partial charge >= 0.3 is 0 Å². The number of aliphatic hydroxyl groups is 1. The van der Waals surface area contributed by atoms with Crippen LogP contribution in [0.1, 0.15) is 28.4 Å². The third kappa shape index (κ3) is 3.94. The van der Waals surface area contributed by atoms with Gasteiger partial charge in [0.05, 0.1) is 11.6 Å². The zero-order valence-electron chi connectivity index (χ0n) is 13.8. The van der Waals surface area contributed by atoms with Gasteiger partial charge in [0.2, 0.25) is 0 Å². The van der Waals surface area contributed by atoms with Gasteiger partial charge in [-0.2, -0.15) is 0 Å². The van der Waals surface area contributed by atoms with E-state index in [1.54, 1.807) is 30.3 Å². The molecule has 0 radical (unpaired) electrons. The van der Waals surface area contributed by atoms with E-state index in [1.807, 2.05) is 6.92 Å². The molecule has 0 spiro atoms. The Labute approximate surface area is 150 Å². The topological polar surface area (TPSA) is 58.6 Å². The molecule has 1 amide bonds. The zero-order valence-corrected chi connectivity index (χ0v) is 14.6. The zero-order chi connectivity index (χ0) is 18.0. The minimum atomic E-state index is -0.511. The number of hydrogen-bond donors (Lipinski definition) is 2. The molecule has 0 saturated heterocycles. The summed E-state index contributed by atoms with van der Waals surface area (Å²) in [5.74, 6) is 0.0574. The lowest BCUT2D eigenvalue weighted by Crippen LogP contribution is -2.32. The second-order valence-corrected chi connectivity index (χ2v) is 6.86. The van der Waals surface area contributed by atoms with E-state index in [1.165, 1.54) is 6.07 Å². The van der Waals surface area contributed by atoms with E-state index in [0.29, 0.717) is 18.4 Å². The number of ether oxygens (including phenoxy) is 1. The Morgan fingerprint density at radius 2 is 2.16 bits per heavy atom. The standard InChI is InChI=1S/C19H19ClFNO3/c1-19(10-12-2-4-15(20)16(21)8-12)11-14-9-13(3-5-17(14)25-19)18(24)22-6-7-23/h2-5,8-9,23H,6-7,10-11H2,1H3,(H,22,24)/t19-/m1/s1. The average Bonchev–Trinajstić information content (AvgIpc) is 2.90. The van der Waals surface area contributed by atoms with Crippen LogP contribution < -0.4 is 10.1 Å². The van der Waals surface area contributed by atoms with Crippen molar-refractivity contribution < 1.29 is 19.0 Å². The minimum absolute atomic E-state index is 0.100. The molecule has 2 aromatic carbocycles. The second kappa shape index (κ2) is 7.02. The molecule has 0 bridgehead atoms. The number of fused-ring (bicyclic) bond motifs is 1. The van der Waals surface area contributed by atoms with E-state index in [-0.39, 0.29) is 24.1 Å². The predicted octanol–water partition coefficient (Wildman–Crippen LogP) is 3.14. The Hall–Kier alpha value is -2.11. The molecule has 0 saturated carbocycles. The van der Waals surface area contributed by atoms with Gasteiger partial charge in [-0.3, -0.25) is 4.79 Å². The van der Waals surface area contributed by atoms with Crippen LogP contribution in [0.2, 0.25) is 5.02 Å². The molecule has 6 heteroatoms. The summed E-state index contributed by atoms with van der Waals surface area (Å²) in [5.41, 5.74) is 1.76. The van der Waals surface area contributed by atoms with Crippen LogP contribution in [0, 0.1) is 5.82 Å². The monoisotopic (exact) mass is 363 g/mol. The number of amides is 1. The van der Waals surface area contributed by atoms with Crippen molar-refractivity contribution in [1.82, 2.24) is 5.32 Å². The van der Waals surface area contributed by atoms with Gasteiger partial charge in [-0.05, 0) is 48.4 Å². The van der Waals surface area contributed by atoms with Gasteiger partial charge in [0.1, 0.15) is 17.2 Å². The molecule has 0 fully saturated rings. The van der Waals surface area contributed by atoms with E-state index in [9.17, 15) is 9.18 Å². The van der Waals surface area contributed by atoms with Crippen molar-refractivity contribution in [2.75, 3.05) is 13.2 Å². The van der Waals surface area contributed by atoms with Crippen LogP contribution in [0.4, 0.5) is 4.39 Å². The van der Waals surface area contributed by atoms with Crippen molar-refractivity contribution in [3.8, 4) is 5.75 Å². The quantitative estimate of drug-likeness (QED) is 0.858. The van der Waals surface area contributed by atoms with Crippen molar-refractivity contribution in [1.29, 1.82) is 0 Å². The lowest BCUT2D eigenvalue weighted by Gasteiger charge is -2.24. The molecule has 0 aromatic heterocycles. The van der Waals surface area contributed by atoms with Crippen molar-refractivity contribution in [3.05, 3.63) is 63.9 Å². The normalized spacial score (nSPS) is 18.6. The summed E-state index contributed by atoms with van der Waals surface area (Å²) in [6, 6.07) is 10.0. The number of rotatable bonds is 5. The molecule has 1 aliphatic heterocycles. The fraction of sp³-hybridized carbons (Fsp3) is 0.316. The summed E-state index contributed by atoms with van der Waals surface area (Å²) in [6.07, 6.45) is 1.15. The second-order valence-electron chi connectivity index (χ2n) is 6.46. The van der Waals surface area contributed by atoms with Crippen molar-refractivity contribution in [2.45, 2.75) is 25.4 Å². The highest BCUT2D eigenvalue weighted by Gasteiger charge is 2.35. The molecule has 0 unspecified atom stereocenters. The van der Waals surface area contributed by atoms with Crippen LogP contribution >= 0.6 is 11.6 Å². The number of nitrogens with one attached hydrogen (secondary N) is 1. The van der Waals surface area contributed by atoms with E-state index < -0.39 is 11.4 Å². The SMILES string of the molecule is C[C@@]1(Cc2ccc(Cl)c(F)c2)Cc2cc(C(=O)NCCO)ccc2O1. The Bertz CT molecular complexity index is 811. The lowest BCUT2D eigenvalue weighted by atomic mass is 9.91. The minimum Gasteiger partial charge on any atom is -0.487 e. The molecule has 2 N–H and O–H groups in total. The molecule has 25 heavy (non-hydrogen) atoms. The number of carbonyl (C=O) groups excluding carboxylic acids is 1. The fourth-order valence-electron chi connectivity index (χ4n) is 3.11. The first-order chi connectivity index (χ1) is 11.9. The van der Waals surface area contributed by atoms with Crippen LogP contribution in [0.5, 0.6) is 5.75 Å². The van der Waals surface area contributed by atoms with Gasteiger partial charge in [-0.25, -0.2) is 4.39 Å². The Balaban J connectivity index is 1.75. The fourth-order valence-corrected chi connectivity index (χ4v) is 3.23. The first-order valence-electron chi connectivity index (χ1n) is 8.05. The Morgan fingerprint density at radius 3 is 2.88 bits per heavy atom. The van der Waals surface area contributed by atoms with Crippen molar-refractivity contribution >= 4 is 17.5 Å². The van der Waals surface area contributed by atoms with Gasteiger partial charge in [0, 0.05) is 24.9 Å². The summed E-state index contributed by atoms with van der Waals surface area (Å²) in [4.78, 5) is 12.0. The van der Waals surface area contributed by atoms with Crippen LogP contribution in [0.15, 0.2) is 36.4 Å². The molecule has 4 nitrogen and oxygen atoms in total. The Morgan fingerprint density at radius 1 is 1.36 bits per heavy atom. The molecule has 3 rings (SSSR count). The molecular weight excluding hydrogens is 345 g/mol. The lowest BCUT2D eigenvalue weighted by molar-refractivity contribution is 0.0944. The van der Waals surface area contributed by atoms with Crippen molar-refractivity contribution in [3.63, 3.8) is 0 Å². The molecule has 0 aliphatic carbocycles. The van der Waals surface area contributed by atoms with E-state index in [0.717, 1.165) is 16.9 Å². The van der Waals surface area contributed by atoms with Crippen molar-refractivity contribution in [2.24, 2.45) is 0 Å². The molecule has 1 atom stereocenters. The van der Waals surface area contributed by atoms with E-state index in [4.69, 9.17) is 21.4 Å². The van der Waals surface area contributed by atoms with Gasteiger partial charge < -0.3 is 15.2 Å². The summed E-state index contributed by atoms with van der Waals surface area (Å²) >= 11 is 5.73. The maximum atomic E-state index is 13.6. The predicted molar refractivity (Wildman–Crippen MR) is 93.7 cm³/mol. The summed E-state index contributed by atoms with van der Waals surface area (Å²) in [7, 11) is 0. The maximum Gasteiger partial charge on any atom is 0.251 e. The van der Waals surface area contributed by atoms with Gasteiger partial charge in [0.15, 0.2) is 0 Å².